The summed E-state index contributed by atoms with van der Waals surface area (Å²) in [5, 5.41) is 2.14. The van der Waals surface area contributed by atoms with E-state index in [9.17, 15) is 18.8 Å². The Bertz CT molecular complexity index is 866. The second-order valence-corrected chi connectivity index (χ2v) is 6.57. The highest BCUT2D eigenvalue weighted by Crippen LogP contribution is 2.31. The number of benzene rings is 2. The third kappa shape index (κ3) is 4.37. The minimum Gasteiger partial charge on any atom is -0.350 e. The van der Waals surface area contributed by atoms with Crippen molar-refractivity contribution in [1.29, 1.82) is 0 Å². The maximum atomic E-state index is 12.9. The standard InChI is InChI=1S/C19H15FN2O3S/c20-15-8-6-14(7-9-15)11-21-17(23)12-22-18(24)16(26-19(22)25)10-13-4-2-1-3-5-13/h1-10H,11-12H2,(H,21,23)/b16-10+. The molecule has 7 heteroatoms. The Hall–Kier alpha value is -2.93. The molecule has 3 amide bonds. The average molecular weight is 370 g/mol. The van der Waals surface area contributed by atoms with Gasteiger partial charge in [0.05, 0.1) is 4.91 Å². The van der Waals surface area contributed by atoms with Gasteiger partial charge < -0.3 is 5.32 Å². The van der Waals surface area contributed by atoms with Gasteiger partial charge in [-0.3, -0.25) is 19.3 Å². The highest BCUT2D eigenvalue weighted by molar-refractivity contribution is 8.18. The van der Waals surface area contributed by atoms with Gasteiger partial charge in [-0.2, -0.15) is 0 Å². The first-order valence-corrected chi connectivity index (χ1v) is 8.66. The molecule has 3 rings (SSSR count). The molecule has 0 radical (unpaired) electrons. The third-order valence-corrected chi connectivity index (χ3v) is 4.58. The highest BCUT2D eigenvalue weighted by Gasteiger charge is 2.36. The molecule has 1 heterocycles. The van der Waals surface area contributed by atoms with E-state index >= 15 is 0 Å². The van der Waals surface area contributed by atoms with E-state index < -0.39 is 17.1 Å². The fraction of sp³-hybridized carbons (Fsp3) is 0.105. The van der Waals surface area contributed by atoms with Gasteiger partial charge >= 0.3 is 0 Å². The van der Waals surface area contributed by atoms with Crippen molar-refractivity contribution in [2.45, 2.75) is 6.54 Å². The normalized spacial score (nSPS) is 15.6. The summed E-state index contributed by atoms with van der Waals surface area (Å²) >= 11 is 0.812. The van der Waals surface area contributed by atoms with Gasteiger partial charge in [0.1, 0.15) is 12.4 Å². The predicted molar refractivity (Wildman–Crippen MR) is 97.4 cm³/mol. The van der Waals surface area contributed by atoms with E-state index in [1.165, 1.54) is 12.1 Å². The maximum Gasteiger partial charge on any atom is 0.294 e. The first-order chi connectivity index (χ1) is 12.5. The van der Waals surface area contributed by atoms with Gasteiger partial charge in [-0.25, -0.2) is 4.39 Å². The van der Waals surface area contributed by atoms with Crippen molar-refractivity contribution in [2.75, 3.05) is 6.54 Å². The molecule has 1 fully saturated rings. The van der Waals surface area contributed by atoms with Crippen LogP contribution in [-0.2, 0) is 16.1 Å². The van der Waals surface area contributed by atoms with Crippen molar-refractivity contribution in [3.05, 3.63) is 76.4 Å². The topological polar surface area (TPSA) is 66.5 Å². The van der Waals surface area contributed by atoms with Crippen LogP contribution in [0, 0.1) is 5.82 Å². The molecule has 2 aromatic rings. The highest BCUT2D eigenvalue weighted by atomic mass is 32.2. The van der Waals surface area contributed by atoms with Crippen molar-refractivity contribution in [1.82, 2.24) is 10.2 Å². The van der Waals surface area contributed by atoms with Gasteiger partial charge in [0.25, 0.3) is 11.1 Å². The number of halogens is 1. The summed E-state index contributed by atoms with van der Waals surface area (Å²) in [4.78, 5) is 37.6. The molecule has 1 saturated heterocycles. The first-order valence-electron chi connectivity index (χ1n) is 7.84. The molecule has 1 aliphatic heterocycles. The fourth-order valence-corrected chi connectivity index (χ4v) is 3.18. The summed E-state index contributed by atoms with van der Waals surface area (Å²) in [5.74, 6) is -1.30. The lowest BCUT2D eigenvalue weighted by atomic mass is 10.2. The van der Waals surface area contributed by atoms with Crippen LogP contribution in [0.25, 0.3) is 6.08 Å². The minimum absolute atomic E-state index is 0.190. The van der Waals surface area contributed by atoms with Crippen LogP contribution in [0.1, 0.15) is 11.1 Å². The molecule has 2 aromatic carbocycles. The van der Waals surface area contributed by atoms with Gasteiger partial charge in [0.2, 0.25) is 5.91 Å². The zero-order valence-electron chi connectivity index (χ0n) is 13.6. The number of hydrogen-bond donors (Lipinski definition) is 1. The predicted octanol–water partition coefficient (Wildman–Crippen LogP) is 3.18. The minimum atomic E-state index is -0.485. The van der Waals surface area contributed by atoms with Gasteiger partial charge in [0.15, 0.2) is 0 Å². The molecule has 0 atom stereocenters. The van der Waals surface area contributed by atoms with Crippen LogP contribution in [0.3, 0.4) is 0 Å². The summed E-state index contributed by atoms with van der Waals surface area (Å²) in [7, 11) is 0. The smallest absolute Gasteiger partial charge is 0.294 e. The summed E-state index contributed by atoms with van der Waals surface area (Å²) in [6.07, 6.45) is 1.63. The molecule has 26 heavy (non-hydrogen) atoms. The third-order valence-electron chi connectivity index (χ3n) is 3.68. The Morgan fingerprint density at radius 1 is 1.08 bits per heavy atom. The van der Waals surface area contributed by atoms with E-state index in [1.807, 2.05) is 30.3 Å². The molecule has 0 bridgehead atoms. The molecule has 1 N–H and O–H groups in total. The average Bonchev–Trinajstić information content (AvgIpc) is 2.89. The Morgan fingerprint density at radius 2 is 1.77 bits per heavy atom. The van der Waals surface area contributed by atoms with Crippen LogP contribution in [-0.4, -0.2) is 28.5 Å². The Labute approximate surface area is 153 Å². The van der Waals surface area contributed by atoms with Gasteiger partial charge in [-0.1, -0.05) is 42.5 Å². The van der Waals surface area contributed by atoms with Crippen molar-refractivity contribution in [3.8, 4) is 0 Å². The zero-order chi connectivity index (χ0) is 18.5. The van der Waals surface area contributed by atoms with E-state index in [0.29, 0.717) is 0 Å². The SMILES string of the molecule is O=C(CN1C(=O)S/C(=C/c2ccccc2)C1=O)NCc1ccc(F)cc1. The fourth-order valence-electron chi connectivity index (χ4n) is 2.34. The van der Waals surface area contributed by atoms with Crippen molar-refractivity contribution < 1.29 is 18.8 Å². The largest absolute Gasteiger partial charge is 0.350 e. The zero-order valence-corrected chi connectivity index (χ0v) is 14.5. The summed E-state index contributed by atoms with van der Waals surface area (Å²) < 4.78 is 12.9. The molecule has 1 aliphatic rings. The maximum absolute atomic E-state index is 12.9. The quantitative estimate of drug-likeness (QED) is 0.821. The van der Waals surface area contributed by atoms with Crippen LogP contribution >= 0.6 is 11.8 Å². The van der Waals surface area contributed by atoms with Gasteiger partial charge in [-0.05, 0) is 41.1 Å². The molecule has 132 valence electrons. The second kappa shape index (κ2) is 7.97. The van der Waals surface area contributed by atoms with E-state index in [2.05, 4.69) is 5.32 Å². The summed E-state index contributed by atoms with van der Waals surface area (Å²) in [6.45, 7) is -0.160. The monoisotopic (exact) mass is 370 g/mol. The molecule has 0 saturated carbocycles. The number of imide groups is 1. The Balaban J connectivity index is 1.59. The molecule has 5 nitrogen and oxygen atoms in total. The van der Waals surface area contributed by atoms with E-state index in [-0.39, 0.29) is 23.8 Å². The van der Waals surface area contributed by atoms with Crippen LogP contribution in [0.5, 0.6) is 0 Å². The van der Waals surface area contributed by atoms with E-state index in [4.69, 9.17) is 0 Å². The molecular formula is C19H15FN2O3S. The number of carbonyl (C=O) groups is 3. The van der Waals surface area contributed by atoms with Gasteiger partial charge in [-0.15, -0.1) is 0 Å². The van der Waals surface area contributed by atoms with Crippen molar-refractivity contribution in [3.63, 3.8) is 0 Å². The first kappa shape index (κ1) is 17.9. The van der Waals surface area contributed by atoms with E-state index in [1.54, 1.807) is 18.2 Å². The lowest BCUT2D eigenvalue weighted by molar-refractivity contribution is -0.129. The lowest BCUT2D eigenvalue weighted by Gasteiger charge is -2.12. The van der Waals surface area contributed by atoms with Crippen LogP contribution < -0.4 is 5.32 Å². The van der Waals surface area contributed by atoms with Crippen LogP contribution in [0.15, 0.2) is 59.5 Å². The number of amides is 3. The molecule has 0 spiro atoms. The van der Waals surface area contributed by atoms with Crippen molar-refractivity contribution in [2.24, 2.45) is 0 Å². The molecular weight excluding hydrogens is 355 g/mol. The van der Waals surface area contributed by atoms with Crippen LogP contribution in [0.2, 0.25) is 0 Å². The Kier molecular flexibility index (Phi) is 5.48. The number of thioether (sulfide) groups is 1. The molecule has 0 aromatic heterocycles. The van der Waals surface area contributed by atoms with Gasteiger partial charge in [0, 0.05) is 6.54 Å². The number of rotatable bonds is 5. The Morgan fingerprint density at radius 3 is 2.46 bits per heavy atom. The number of nitrogens with one attached hydrogen (secondary N) is 1. The molecule has 0 unspecified atom stereocenters. The number of carbonyl (C=O) groups excluding carboxylic acids is 3. The number of hydrogen-bond acceptors (Lipinski definition) is 4. The van der Waals surface area contributed by atoms with Crippen LogP contribution in [0.4, 0.5) is 9.18 Å². The van der Waals surface area contributed by atoms with E-state index in [0.717, 1.165) is 27.8 Å². The van der Waals surface area contributed by atoms with Crippen molar-refractivity contribution >= 4 is 34.9 Å². The number of nitrogens with zero attached hydrogens (tertiary/aromatic N) is 1. The lowest BCUT2D eigenvalue weighted by Crippen LogP contribution is -2.39. The summed E-state index contributed by atoms with van der Waals surface area (Å²) in [6, 6.07) is 14.9. The summed E-state index contributed by atoms with van der Waals surface area (Å²) in [5.41, 5.74) is 1.52. The molecule has 0 aliphatic carbocycles. The second-order valence-electron chi connectivity index (χ2n) is 5.58.